The number of likely N-dealkylation sites (N-methyl/N-ethyl adjacent to an activating group) is 1. The van der Waals surface area contributed by atoms with Crippen LogP contribution in [-0.2, 0) is 11.3 Å². The monoisotopic (exact) mass is 205 g/mol. The Labute approximate surface area is 89.9 Å². The number of hydrogen-bond donors (Lipinski definition) is 1. The molecular weight excluding hydrogens is 190 g/mol. The Bertz CT molecular complexity index is 333. The fourth-order valence-corrected chi connectivity index (χ4v) is 1.14. The predicted octanol–water partition coefficient (Wildman–Crippen LogP) is 1.08. The largest absolute Gasteiger partial charge is 0.375 e. The molecule has 0 aliphatic rings. The lowest BCUT2D eigenvalue weighted by molar-refractivity contribution is 0.123. The van der Waals surface area contributed by atoms with Gasteiger partial charge in [0.1, 0.15) is 11.8 Å². The van der Waals surface area contributed by atoms with Crippen molar-refractivity contribution in [1.82, 2.24) is 10.3 Å². The van der Waals surface area contributed by atoms with Crippen molar-refractivity contribution >= 4 is 0 Å². The summed E-state index contributed by atoms with van der Waals surface area (Å²) in [4.78, 5) is 3.89. The maximum atomic E-state index is 8.64. The van der Waals surface area contributed by atoms with Gasteiger partial charge in [-0.05, 0) is 24.2 Å². The number of rotatable bonds is 6. The first-order chi connectivity index (χ1) is 7.36. The van der Waals surface area contributed by atoms with Gasteiger partial charge in [-0.2, -0.15) is 5.26 Å². The van der Waals surface area contributed by atoms with Crippen LogP contribution >= 0.6 is 0 Å². The Kier molecular flexibility index (Phi) is 5.38. The van der Waals surface area contributed by atoms with Crippen molar-refractivity contribution in [3.8, 4) is 6.07 Å². The molecule has 0 unspecified atom stereocenters. The third-order valence-electron chi connectivity index (χ3n) is 1.88. The molecule has 0 amide bonds. The van der Waals surface area contributed by atoms with Gasteiger partial charge in [0, 0.05) is 12.7 Å². The summed E-state index contributed by atoms with van der Waals surface area (Å²) in [5.74, 6) is 0. The molecule has 1 heterocycles. The van der Waals surface area contributed by atoms with Crippen LogP contribution in [0.15, 0.2) is 18.3 Å². The number of nitrogens with zero attached hydrogens (tertiary/aromatic N) is 2. The predicted molar refractivity (Wildman–Crippen MR) is 57.2 cm³/mol. The molecule has 80 valence electrons. The molecule has 0 saturated carbocycles. The van der Waals surface area contributed by atoms with E-state index in [-0.39, 0.29) is 0 Å². The second-order valence-electron chi connectivity index (χ2n) is 3.07. The van der Waals surface area contributed by atoms with E-state index in [1.165, 1.54) is 0 Å². The molecule has 1 aromatic rings. The molecule has 4 heteroatoms. The highest BCUT2D eigenvalue weighted by atomic mass is 16.5. The van der Waals surface area contributed by atoms with Gasteiger partial charge in [0.25, 0.3) is 0 Å². The molecule has 0 atom stereocenters. The Morgan fingerprint density at radius 2 is 2.47 bits per heavy atom. The summed E-state index contributed by atoms with van der Waals surface area (Å²) in [6.45, 7) is 5.08. The van der Waals surface area contributed by atoms with E-state index in [1.807, 2.05) is 12.1 Å². The van der Waals surface area contributed by atoms with E-state index < -0.39 is 0 Å². The molecule has 0 aliphatic heterocycles. The highest BCUT2D eigenvalue weighted by Gasteiger charge is 1.96. The normalized spacial score (nSPS) is 9.87. The van der Waals surface area contributed by atoms with Crippen LogP contribution in [0, 0.1) is 11.3 Å². The van der Waals surface area contributed by atoms with Crippen molar-refractivity contribution in [3.05, 3.63) is 29.6 Å². The zero-order chi connectivity index (χ0) is 10.9. The number of aromatic nitrogens is 1. The molecule has 0 saturated heterocycles. The zero-order valence-corrected chi connectivity index (χ0v) is 8.86. The number of pyridine rings is 1. The lowest BCUT2D eigenvalue weighted by atomic mass is 10.2. The van der Waals surface area contributed by atoms with Crippen LogP contribution in [0.5, 0.6) is 0 Å². The first-order valence-electron chi connectivity index (χ1n) is 5.00. The smallest absolute Gasteiger partial charge is 0.140 e. The molecule has 0 aliphatic carbocycles. The van der Waals surface area contributed by atoms with Crippen LogP contribution in [0.2, 0.25) is 0 Å². The lowest BCUT2D eigenvalue weighted by Gasteiger charge is -2.04. The van der Waals surface area contributed by atoms with Crippen LogP contribution in [-0.4, -0.2) is 24.7 Å². The first-order valence-corrected chi connectivity index (χ1v) is 5.00. The Balaban J connectivity index is 2.28. The van der Waals surface area contributed by atoms with Gasteiger partial charge in [-0.15, -0.1) is 0 Å². The summed E-state index contributed by atoms with van der Waals surface area (Å²) in [6.07, 6.45) is 1.63. The topological polar surface area (TPSA) is 57.9 Å². The number of nitriles is 1. The van der Waals surface area contributed by atoms with Crippen LogP contribution < -0.4 is 5.32 Å². The maximum Gasteiger partial charge on any atom is 0.140 e. The van der Waals surface area contributed by atoms with Gasteiger partial charge in [-0.25, -0.2) is 4.98 Å². The summed E-state index contributed by atoms with van der Waals surface area (Å²) >= 11 is 0. The highest BCUT2D eigenvalue weighted by molar-refractivity contribution is 5.24. The summed E-state index contributed by atoms with van der Waals surface area (Å²) in [7, 11) is 0. The summed E-state index contributed by atoms with van der Waals surface area (Å²) < 4.78 is 5.42. The minimum Gasteiger partial charge on any atom is -0.375 e. The zero-order valence-electron chi connectivity index (χ0n) is 8.86. The lowest BCUT2D eigenvalue weighted by Crippen LogP contribution is -2.18. The van der Waals surface area contributed by atoms with E-state index in [0.717, 1.165) is 18.7 Å². The molecule has 0 radical (unpaired) electrons. The minimum atomic E-state index is 0.433. The maximum absolute atomic E-state index is 8.64. The van der Waals surface area contributed by atoms with Gasteiger partial charge in [-0.1, -0.05) is 6.92 Å². The van der Waals surface area contributed by atoms with Crippen LogP contribution in [0.1, 0.15) is 18.2 Å². The van der Waals surface area contributed by atoms with E-state index in [9.17, 15) is 0 Å². The molecule has 1 rings (SSSR count). The van der Waals surface area contributed by atoms with E-state index in [2.05, 4.69) is 17.2 Å². The summed E-state index contributed by atoms with van der Waals surface area (Å²) in [5, 5.41) is 11.8. The van der Waals surface area contributed by atoms with Gasteiger partial charge in [0.2, 0.25) is 0 Å². The first kappa shape index (κ1) is 11.6. The molecule has 1 N–H and O–H groups in total. The van der Waals surface area contributed by atoms with E-state index in [0.29, 0.717) is 18.9 Å². The average Bonchev–Trinajstić information content (AvgIpc) is 2.29. The van der Waals surface area contributed by atoms with Crippen LogP contribution in [0.4, 0.5) is 0 Å². The van der Waals surface area contributed by atoms with Crippen molar-refractivity contribution in [2.75, 3.05) is 19.7 Å². The van der Waals surface area contributed by atoms with Gasteiger partial charge < -0.3 is 10.1 Å². The summed E-state index contributed by atoms with van der Waals surface area (Å²) in [5.41, 5.74) is 1.42. The highest BCUT2D eigenvalue weighted by Crippen LogP contribution is 2.02. The van der Waals surface area contributed by atoms with E-state index >= 15 is 0 Å². The third kappa shape index (κ3) is 4.54. The minimum absolute atomic E-state index is 0.433. The van der Waals surface area contributed by atoms with Gasteiger partial charge in [-0.3, -0.25) is 0 Å². The number of hydrogen-bond acceptors (Lipinski definition) is 4. The second kappa shape index (κ2) is 6.93. The SMILES string of the molecule is CCNCCOCc1ccnc(C#N)c1. The van der Waals surface area contributed by atoms with Crippen molar-refractivity contribution in [1.29, 1.82) is 5.26 Å². The fourth-order valence-electron chi connectivity index (χ4n) is 1.14. The van der Waals surface area contributed by atoms with E-state index in [1.54, 1.807) is 12.3 Å². The van der Waals surface area contributed by atoms with Gasteiger partial charge >= 0.3 is 0 Å². The molecule has 0 bridgehead atoms. The van der Waals surface area contributed by atoms with Gasteiger partial charge in [0.15, 0.2) is 0 Å². The quantitative estimate of drug-likeness (QED) is 0.706. The Morgan fingerprint density at radius 1 is 1.60 bits per heavy atom. The van der Waals surface area contributed by atoms with Crippen molar-refractivity contribution in [2.45, 2.75) is 13.5 Å². The van der Waals surface area contributed by atoms with Gasteiger partial charge in [0.05, 0.1) is 13.2 Å². The van der Waals surface area contributed by atoms with Crippen LogP contribution in [0.3, 0.4) is 0 Å². The molecule has 15 heavy (non-hydrogen) atoms. The molecule has 4 nitrogen and oxygen atoms in total. The van der Waals surface area contributed by atoms with E-state index in [4.69, 9.17) is 10.00 Å². The Morgan fingerprint density at radius 3 is 3.20 bits per heavy atom. The molecule has 0 spiro atoms. The number of ether oxygens (including phenoxy) is 1. The second-order valence-corrected chi connectivity index (χ2v) is 3.07. The molecular formula is C11H15N3O. The van der Waals surface area contributed by atoms with Crippen molar-refractivity contribution < 1.29 is 4.74 Å². The average molecular weight is 205 g/mol. The fraction of sp³-hybridized carbons (Fsp3) is 0.455. The van der Waals surface area contributed by atoms with Crippen LogP contribution in [0.25, 0.3) is 0 Å². The third-order valence-corrected chi connectivity index (χ3v) is 1.88. The molecule has 0 fully saturated rings. The van der Waals surface area contributed by atoms with Crippen molar-refractivity contribution in [3.63, 3.8) is 0 Å². The Hall–Kier alpha value is -1.44. The molecule has 1 aromatic heterocycles. The van der Waals surface area contributed by atoms with Crippen molar-refractivity contribution in [2.24, 2.45) is 0 Å². The summed E-state index contributed by atoms with van der Waals surface area (Å²) in [6, 6.07) is 5.60. The molecule has 0 aromatic carbocycles. The standard InChI is InChI=1S/C11H15N3O/c1-2-13-5-6-15-9-10-3-4-14-11(7-10)8-12/h3-4,7,13H,2,5-6,9H2,1H3. The number of nitrogens with one attached hydrogen (secondary N) is 1.